The Kier molecular flexibility index (Phi) is 5.10. The van der Waals surface area contributed by atoms with Gasteiger partial charge in [-0.3, -0.25) is 4.90 Å². The SMILES string of the molecule is CN(C)c1ncc(CN2CCO[C@H](c3ccc(Cl)cc3)C2)cn1. The van der Waals surface area contributed by atoms with Crippen LogP contribution in [-0.2, 0) is 11.3 Å². The zero-order valence-electron chi connectivity index (χ0n) is 13.4. The maximum absolute atomic E-state index is 5.95. The van der Waals surface area contributed by atoms with E-state index in [9.17, 15) is 0 Å². The van der Waals surface area contributed by atoms with Crippen molar-refractivity contribution in [1.82, 2.24) is 14.9 Å². The summed E-state index contributed by atoms with van der Waals surface area (Å²) < 4.78 is 5.90. The van der Waals surface area contributed by atoms with Crippen LogP contribution in [0.2, 0.25) is 5.02 Å². The highest BCUT2D eigenvalue weighted by Gasteiger charge is 2.22. The Morgan fingerprint density at radius 3 is 2.57 bits per heavy atom. The topological polar surface area (TPSA) is 41.5 Å². The zero-order chi connectivity index (χ0) is 16.2. The molecule has 1 aliphatic rings. The molecule has 0 saturated carbocycles. The number of hydrogen-bond acceptors (Lipinski definition) is 5. The van der Waals surface area contributed by atoms with Crippen LogP contribution < -0.4 is 4.90 Å². The molecule has 5 nitrogen and oxygen atoms in total. The molecule has 0 N–H and O–H groups in total. The van der Waals surface area contributed by atoms with Crippen LogP contribution in [0.1, 0.15) is 17.2 Å². The van der Waals surface area contributed by atoms with Gasteiger partial charge in [-0.15, -0.1) is 0 Å². The van der Waals surface area contributed by atoms with Crippen molar-refractivity contribution < 1.29 is 4.74 Å². The molecule has 0 radical (unpaired) electrons. The minimum atomic E-state index is 0.0861. The molecule has 2 aromatic rings. The highest BCUT2D eigenvalue weighted by Crippen LogP contribution is 2.24. The summed E-state index contributed by atoms with van der Waals surface area (Å²) in [6.07, 6.45) is 3.88. The quantitative estimate of drug-likeness (QED) is 0.861. The summed E-state index contributed by atoms with van der Waals surface area (Å²) in [5.74, 6) is 0.731. The zero-order valence-corrected chi connectivity index (χ0v) is 14.2. The van der Waals surface area contributed by atoms with Crippen molar-refractivity contribution in [3.63, 3.8) is 0 Å². The van der Waals surface area contributed by atoms with E-state index in [1.807, 2.05) is 55.7 Å². The van der Waals surface area contributed by atoms with Crippen molar-refractivity contribution in [2.45, 2.75) is 12.6 Å². The van der Waals surface area contributed by atoms with Gasteiger partial charge in [-0.2, -0.15) is 0 Å². The third kappa shape index (κ3) is 4.19. The van der Waals surface area contributed by atoms with Crippen LogP contribution in [0, 0.1) is 0 Å². The molecule has 1 atom stereocenters. The van der Waals surface area contributed by atoms with Crippen molar-refractivity contribution in [2.75, 3.05) is 38.7 Å². The lowest BCUT2D eigenvalue weighted by atomic mass is 10.1. The van der Waals surface area contributed by atoms with E-state index in [-0.39, 0.29) is 6.10 Å². The van der Waals surface area contributed by atoms with E-state index in [4.69, 9.17) is 16.3 Å². The molecule has 23 heavy (non-hydrogen) atoms. The molecule has 122 valence electrons. The van der Waals surface area contributed by atoms with Crippen LogP contribution in [-0.4, -0.2) is 48.7 Å². The summed E-state index contributed by atoms with van der Waals surface area (Å²) in [6.45, 7) is 3.33. The van der Waals surface area contributed by atoms with Gasteiger partial charge in [0.2, 0.25) is 5.95 Å². The molecule has 1 aliphatic heterocycles. The summed E-state index contributed by atoms with van der Waals surface area (Å²) in [5, 5.41) is 0.750. The Labute approximate surface area is 141 Å². The number of aromatic nitrogens is 2. The monoisotopic (exact) mass is 332 g/mol. The van der Waals surface area contributed by atoms with E-state index in [0.29, 0.717) is 0 Å². The molecule has 0 unspecified atom stereocenters. The Hall–Kier alpha value is -1.69. The van der Waals surface area contributed by atoms with Gasteiger partial charge < -0.3 is 9.64 Å². The van der Waals surface area contributed by atoms with Gasteiger partial charge in [0.25, 0.3) is 0 Å². The van der Waals surface area contributed by atoms with E-state index in [0.717, 1.165) is 42.8 Å². The molecule has 1 saturated heterocycles. The fraction of sp³-hybridized carbons (Fsp3) is 0.412. The average molecular weight is 333 g/mol. The lowest BCUT2D eigenvalue weighted by Crippen LogP contribution is -2.37. The van der Waals surface area contributed by atoms with Crippen molar-refractivity contribution in [1.29, 1.82) is 0 Å². The van der Waals surface area contributed by atoms with E-state index in [1.54, 1.807) is 0 Å². The normalized spacial score (nSPS) is 18.8. The van der Waals surface area contributed by atoms with Gasteiger partial charge in [0, 0.05) is 56.7 Å². The molecular formula is C17H21ClN4O. The highest BCUT2D eigenvalue weighted by molar-refractivity contribution is 6.30. The molecule has 1 fully saturated rings. The van der Waals surface area contributed by atoms with Crippen molar-refractivity contribution in [2.24, 2.45) is 0 Å². The molecule has 1 aromatic heterocycles. The maximum Gasteiger partial charge on any atom is 0.224 e. The van der Waals surface area contributed by atoms with Gasteiger partial charge in [-0.25, -0.2) is 9.97 Å². The third-order valence-electron chi connectivity index (χ3n) is 3.89. The van der Waals surface area contributed by atoms with Crippen molar-refractivity contribution in [3.05, 3.63) is 52.8 Å². The number of ether oxygens (including phenoxy) is 1. The van der Waals surface area contributed by atoms with Crippen LogP contribution in [0.5, 0.6) is 0 Å². The molecular weight excluding hydrogens is 312 g/mol. The second-order valence-corrected chi connectivity index (χ2v) is 6.37. The number of benzene rings is 1. The second kappa shape index (κ2) is 7.25. The molecule has 0 amide bonds. The lowest BCUT2D eigenvalue weighted by Gasteiger charge is -2.33. The third-order valence-corrected chi connectivity index (χ3v) is 4.14. The van der Waals surface area contributed by atoms with Gasteiger partial charge in [-0.05, 0) is 17.7 Å². The fourth-order valence-corrected chi connectivity index (χ4v) is 2.77. The molecule has 0 aliphatic carbocycles. The van der Waals surface area contributed by atoms with Gasteiger partial charge in [-0.1, -0.05) is 23.7 Å². The number of nitrogens with zero attached hydrogens (tertiary/aromatic N) is 4. The highest BCUT2D eigenvalue weighted by atomic mass is 35.5. The van der Waals surface area contributed by atoms with Crippen LogP contribution in [0.15, 0.2) is 36.7 Å². The largest absolute Gasteiger partial charge is 0.371 e. The van der Waals surface area contributed by atoms with Crippen molar-refractivity contribution >= 4 is 17.5 Å². The predicted molar refractivity (Wildman–Crippen MR) is 91.8 cm³/mol. The van der Waals surface area contributed by atoms with E-state index in [2.05, 4.69) is 14.9 Å². The first-order valence-corrected chi connectivity index (χ1v) is 8.07. The molecule has 3 rings (SSSR count). The van der Waals surface area contributed by atoms with Crippen LogP contribution in [0.25, 0.3) is 0 Å². The first kappa shape index (κ1) is 16.2. The molecule has 2 heterocycles. The predicted octanol–water partition coefficient (Wildman–Crippen LogP) is 2.77. The summed E-state index contributed by atoms with van der Waals surface area (Å²) in [6, 6.07) is 7.89. The number of halogens is 1. The Morgan fingerprint density at radius 1 is 1.22 bits per heavy atom. The number of anilines is 1. The van der Waals surface area contributed by atoms with E-state index in [1.165, 1.54) is 5.56 Å². The van der Waals surface area contributed by atoms with Gasteiger partial charge in [0.1, 0.15) is 0 Å². The van der Waals surface area contributed by atoms with Gasteiger partial charge in [0.15, 0.2) is 0 Å². The lowest BCUT2D eigenvalue weighted by molar-refractivity contribution is -0.0329. The smallest absolute Gasteiger partial charge is 0.224 e. The average Bonchev–Trinajstić information content (AvgIpc) is 2.56. The van der Waals surface area contributed by atoms with Gasteiger partial charge >= 0.3 is 0 Å². The van der Waals surface area contributed by atoms with Crippen LogP contribution in [0.4, 0.5) is 5.95 Å². The minimum absolute atomic E-state index is 0.0861. The first-order valence-electron chi connectivity index (χ1n) is 7.69. The second-order valence-electron chi connectivity index (χ2n) is 5.93. The van der Waals surface area contributed by atoms with E-state index >= 15 is 0 Å². The van der Waals surface area contributed by atoms with Crippen LogP contribution in [0.3, 0.4) is 0 Å². The standard InChI is InChI=1S/C17H21ClN4O/c1-21(2)17-19-9-13(10-20-17)11-22-7-8-23-16(12-22)14-3-5-15(18)6-4-14/h3-6,9-10,16H,7-8,11-12H2,1-2H3/t16-/m0/s1. The summed E-state index contributed by atoms with van der Waals surface area (Å²) >= 11 is 5.95. The minimum Gasteiger partial charge on any atom is -0.371 e. The molecule has 1 aromatic carbocycles. The number of morpholine rings is 1. The molecule has 0 spiro atoms. The summed E-state index contributed by atoms with van der Waals surface area (Å²) in [7, 11) is 3.88. The van der Waals surface area contributed by atoms with Crippen molar-refractivity contribution in [3.8, 4) is 0 Å². The van der Waals surface area contributed by atoms with Gasteiger partial charge in [0.05, 0.1) is 12.7 Å². The fourth-order valence-electron chi connectivity index (χ4n) is 2.64. The summed E-state index contributed by atoms with van der Waals surface area (Å²) in [5.41, 5.74) is 2.28. The van der Waals surface area contributed by atoms with E-state index < -0.39 is 0 Å². The molecule has 6 heteroatoms. The Morgan fingerprint density at radius 2 is 1.91 bits per heavy atom. The van der Waals surface area contributed by atoms with Crippen LogP contribution >= 0.6 is 11.6 Å². The Bertz CT molecular complexity index is 630. The summed E-state index contributed by atoms with van der Waals surface area (Å²) in [4.78, 5) is 13.0. The number of hydrogen-bond donors (Lipinski definition) is 0. The number of rotatable bonds is 4. The molecule has 0 bridgehead atoms. The maximum atomic E-state index is 5.95. The Balaban J connectivity index is 1.63. The first-order chi connectivity index (χ1) is 11.1.